The van der Waals surface area contributed by atoms with E-state index < -0.39 is 10.0 Å². The summed E-state index contributed by atoms with van der Waals surface area (Å²) in [5.74, 6) is -0.00920. The van der Waals surface area contributed by atoms with E-state index in [9.17, 15) is 18.5 Å². The van der Waals surface area contributed by atoms with Crippen molar-refractivity contribution in [3.05, 3.63) is 51.7 Å². The molecule has 1 aromatic carbocycles. The smallest absolute Gasteiger partial charge is 0.244 e. The molecule has 0 bridgehead atoms. The molecule has 2 aromatic rings. The van der Waals surface area contributed by atoms with Crippen LogP contribution in [0.4, 0.5) is 0 Å². The van der Waals surface area contributed by atoms with E-state index in [-0.39, 0.29) is 28.3 Å². The van der Waals surface area contributed by atoms with Crippen LogP contribution in [0.3, 0.4) is 0 Å². The molecule has 3 heterocycles. The van der Waals surface area contributed by atoms with Gasteiger partial charge in [0.25, 0.3) is 0 Å². The summed E-state index contributed by atoms with van der Waals surface area (Å²) in [4.78, 5) is 16.7. The van der Waals surface area contributed by atoms with Crippen LogP contribution in [0.25, 0.3) is 0 Å². The molecule has 0 N–H and O–H groups in total. The third kappa shape index (κ3) is 3.66. The number of fused-ring (bicyclic) bond motifs is 1. The number of rotatable bonds is 4. The molecule has 1 amide bonds. The first-order valence-corrected chi connectivity index (χ1v) is 12.6. The number of amides is 1. The molecule has 30 heavy (non-hydrogen) atoms. The normalized spacial score (nSPS) is 20.5. The first-order chi connectivity index (χ1) is 14.5. The van der Waals surface area contributed by atoms with Gasteiger partial charge in [0.05, 0.1) is 16.5 Å². The first-order valence-electron chi connectivity index (χ1n) is 10.3. The van der Waals surface area contributed by atoms with E-state index in [0.29, 0.717) is 25.9 Å². The van der Waals surface area contributed by atoms with E-state index >= 15 is 0 Å². The number of sulfonamides is 1. The van der Waals surface area contributed by atoms with Gasteiger partial charge in [0.15, 0.2) is 0 Å². The van der Waals surface area contributed by atoms with Gasteiger partial charge in [-0.15, -0.1) is 11.3 Å². The van der Waals surface area contributed by atoms with Crippen molar-refractivity contribution in [1.82, 2.24) is 9.21 Å². The Morgan fingerprint density at radius 2 is 1.93 bits per heavy atom. The lowest BCUT2D eigenvalue weighted by Crippen LogP contribution is -2.47. The van der Waals surface area contributed by atoms with Gasteiger partial charge in [0.2, 0.25) is 15.9 Å². The lowest BCUT2D eigenvalue weighted by molar-refractivity contribution is -0.139. The van der Waals surface area contributed by atoms with Gasteiger partial charge in [0, 0.05) is 30.4 Å². The maximum atomic E-state index is 13.3. The van der Waals surface area contributed by atoms with Gasteiger partial charge in [-0.3, -0.25) is 4.79 Å². The summed E-state index contributed by atoms with van der Waals surface area (Å²) >= 11 is 1.76. The van der Waals surface area contributed by atoms with E-state index in [2.05, 4.69) is 18.4 Å². The van der Waals surface area contributed by atoms with Crippen molar-refractivity contribution < 1.29 is 13.2 Å². The van der Waals surface area contributed by atoms with Gasteiger partial charge in [-0.1, -0.05) is 19.1 Å². The zero-order valence-corrected chi connectivity index (χ0v) is 18.6. The molecule has 1 saturated heterocycles. The van der Waals surface area contributed by atoms with Crippen molar-refractivity contribution in [3.8, 4) is 6.07 Å². The van der Waals surface area contributed by atoms with Crippen molar-refractivity contribution in [2.45, 2.75) is 43.5 Å². The zero-order valence-electron chi connectivity index (χ0n) is 17.0. The number of benzene rings is 1. The summed E-state index contributed by atoms with van der Waals surface area (Å²) in [6, 6.07) is 10.5. The minimum Gasteiger partial charge on any atom is -0.335 e. The average molecular weight is 444 g/mol. The van der Waals surface area contributed by atoms with Crippen LogP contribution in [-0.2, 0) is 21.2 Å². The van der Waals surface area contributed by atoms with Crippen LogP contribution in [0.1, 0.15) is 48.2 Å². The van der Waals surface area contributed by atoms with Crippen molar-refractivity contribution in [3.63, 3.8) is 0 Å². The van der Waals surface area contributed by atoms with Crippen molar-refractivity contribution in [1.29, 1.82) is 5.26 Å². The molecule has 0 saturated carbocycles. The lowest BCUT2D eigenvalue weighted by atomic mass is 9.92. The standard InChI is InChI=1S/C22H25N3O3S2/c1-2-19-18-10-14-29-20(18)9-13-25(19)22(26)16-7-11-24(12-8-16)30(27,28)21-6-4-3-5-17(21)15-23/h3-6,10,14,16,19H,2,7-9,11-13H2,1H3/t19-/m0/s1. The second kappa shape index (κ2) is 8.50. The number of hydrogen-bond acceptors (Lipinski definition) is 5. The summed E-state index contributed by atoms with van der Waals surface area (Å²) in [7, 11) is -3.74. The van der Waals surface area contributed by atoms with Crippen molar-refractivity contribution in [2.75, 3.05) is 19.6 Å². The van der Waals surface area contributed by atoms with Crippen molar-refractivity contribution in [2.24, 2.45) is 5.92 Å². The molecule has 0 unspecified atom stereocenters. The number of carbonyl (C=O) groups is 1. The number of nitrogens with zero attached hydrogens (tertiary/aromatic N) is 3. The Bertz CT molecular complexity index is 1080. The second-order valence-corrected chi connectivity index (χ2v) is 10.7. The molecular formula is C22H25N3O3S2. The van der Waals surface area contributed by atoms with Crippen molar-refractivity contribution >= 4 is 27.3 Å². The Hall–Kier alpha value is -2.21. The Labute approximate surface area is 181 Å². The molecule has 2 aliphatic rings. The number of nitriles is 1. The van der Waals surface area contributed by atoms with Crippen LogP contribution in [-0.4, -0.2) is 43.2 Å². The third-order valence-electron chi connectivity index (χ3n) is 6.19. The maximum absolute atomic E-state index is 13.3. The van der Waals surface area contributed by atoms with Gasteiger partial charge >= 0.3 is 0 Å². The summed E-state index contributed by atoms with van der Waals surface area (Å²) in [5.41, 5.74) is 1.43. The highest BCUT2D eigenvalue weighted by Gasteiger charge is 2.38. The third-order valence-corrected chi connectivity index (χ3v) is 9.15. The second-order valence-electron chi connectivity index (χ2n) is 7.79. The fourth-order valence-electron chi connectivity index (χ4n) is 4.60. The van der Waals surface area contributed by atoms with Gasteiger partial charge in [0.1, 0.15) is 6.07 Å². The highest BCUT2D eigenvalue weighted by atomic mass is 32.2. The average Bonchev–Trinajstić information content (AvgIpc) is 3.27. The summed E-state index contributed by atoms with van der Waals surface area (Å²) in [6.45, 7) is 3.44. The predicted octanol–water partition coefficient (Wildman–Crippen LogP) is 3.56. The molecule has 6 nitrogen and oxygen atoms in total. The summed E-state index contributed by atoms with van der Waals surface area (Å²) in [6.07, 6.45) is 2.80. The Kier molecular flexibility index (Phi) is 5.96. The van der Waals surface area contributed by atoms with Crippen LogP contribution < -0.4 is 0 Å². The number of piperidine rings is 1. The van der Waals surface area contributed by atoms with Gasteiger partial charge < -0.3 is 4.90 Å². The SMILES string of the molecule is CC[C@H]1c2ccsc2CCN1C(=O)C1CCN(S(=O)(=O)c2ccccc2C#N)CC1. The van der Waals surface area contributed by atoms with Crippen LogP contribution >= 0.6 is 11.3 Å². The van der Waals surface area contributed by atoms with Crippen LogP contribution in [0.2, 0.25) is 0 Å². The fraction of sp³-hybridized carbons (Fsp3) is 0.455. The molecule has 2 aliphatic heterocycles. The molecule has 0 aliphatic carbocycles. The zero-order chi connectivity index (χ0) is 21.3. The highest BCUT2D eigenvalue weighted by molar-refractivity contribution is 7.89. The number of thiophene rings is 1. The summed E-state index contributed by atoms with van der Waals surface area (Å²) < 4.78 is 27.5. The van der Waals surface area contributed by atoms with Gasteiger partial charge in [-0.05, 0) is 54.8 Å². The monoisotopic (exact) mass is 443 g/mol. The van der Waals surface area contributed by atoms with Crippen LogP contribution in [0.5, 0.6) is 0 Å². The molecule has 1 fully saturated rings. The maximum Gasteiger partial charge on any atom is 0.244 e. The highest BCUT2D eigenvalue weighted by Crippen LogP contribution is 2.37. The molecule has 1 atom stereocenters. The van der Waals surface area contributed by atoms with Crippen LogP contribution in [0, 0.1) is 17.2 Å². The molecule has 8 heteroatoms. The quantitative estimate of drug-likeness (QED) is 0.724. The molecular weight excluding hydrogens is 418 g/mol. The largest absolute Gasteiger partial charge is 0.335 e. The van der Waals surface area contributed by atoms with E-state index in [0.717, 1.165) is 19.4 Å². The van der Waals surface area contributed by atoms with Crippen LogP contribution in [0.15, 0.2) is 40.6 Å². The predicted molar refractivity (Wildman–Crippen MR) is 115 cm³/mol. The molecule has 0 spiro atoms. The minimum atomic E-state index is -3.74. The van der Waals surface area contributed by atoms with Gasteiger partial charge in [-0.2, -0.15) is 9.57 Å². The minimum absolute atomic E-state index is 0.0457. The molecule has 158 valence electrons. The molecule has 0 radical (unpaired) electrons. The number of hydrogen-bond donors (Lipinski definition) is 0. The first kappa shape index (κ1) is 21.0. The number of carbonyl (C=O) groups excluding carboxylic acids is 1. The van der Waals surface area contributed by atoms with E-state index in [1.165, 1.54) is 26.9 Å². The van der Waals surface area contributed by atoms with E-state index in [4.69, 9.17) is 0 Å². The molecule has 1 aromatic heterocycles. The topological polar surface area (TPSA) is 81.5 Å². The van der Waals surface area contributed by atoms with Gasteiger partial charge in [-0.25, -0.2) is 8.42 Å². The fourth-order valence-corrected chi connectivity index (χ4v) is 7.14. The molecule has 4 rings (SSSR count). The Morgan fingerprint density at radius 3 is 2.63 bits per heavy atom. The van der Waals surface area contributed by atoms with E-state index in [1.807, 2.05) is 11.0 Å². The Balaban J connectivity index is 1.46. The lowest BCUT2D eigenvalue weighted by Gasteiger charge is -2.39. The van der Waals surface area contributed by atoms with E-state index in [1.54, 1.807) is 23.5 Å². The summed E-state index contributed by atoms with van der Waals surface area (Å²) in [5, 5.41) is 11.4. The Morgan fingerprint density at radius 1 is 1.20 bits per heavy atom.